The van der Waals surface area contributed by atoms with Crippen molar-refractivity contribution in [1.82, 2.24) is 15.1 Å². The molecule has 4 N–H and O–H groups in total. The highest BCUT2D eigenvalue weighted by atomic mass is 19.1. The number of aromatic nitrogens is 2. The van der Waals surface area contributed by atoms with E-state index >= 15 is 0 Å². The summed E-state index contributed by atoms with van der Waals surface area (Å²) in [6.45, 7) is 0.385. The van der Waals surface area contributed by atoms with Crippen LogP contribution in [-0.4, -0.2) is 29.5 Å². The Balaban J connectivity index is 1.55. The van der Waals surface area contributed by atoms with Crippen LogP contribution in [0.5, 0.6) is 5.75 Å². The first-order valence-electron chi connectivity index (χ1n) is 9.24. The molecule has 0 bridgehead atoms. The van der Waals surface area contributed by atoms with Crippen LogP contribution in [0.4, 0.5) is 20.7 Å². The van der Waals surface area contributed by atoms with Crippen molar-refractivity contribution < 1.29 is 13.9 Å². The molecule has 9 heteroatoms. The van der Waals surface area contributed by atoms with Gasteiger partial charge in [-0.3, -0.25) is 0 Å². The number of nitrogen functional groups attached to an aromatic ring is 1. The van der Waals surface area contributed by atoms with E-state index in [0.29, 0.717) is 42.2 Å². The van der Waals surface area contributed by atoms with Gasteiger partial charge in [0.2, 0.25) is 0 Å². The van der Waals surface area contributed by atoms with Crippen molar-refractivity contribution in [2.45, 2.75) is 12.8 Å². The number of carbonyl (C=O) groups excluding carboxylic acids is 1. The molecule has 0 aliphatic carbocycles. The minimum Gasteiger partial charge on any atom is -0.497 e. The second kappa shape index (κ2) is 9.43. The number of amides is 2. The van der Waals surface area contributed by atoms with E-state index in [1.54, 1.807) is 31.4 Å². The number of nitriles is 1. The molecule has 0 atom stereocenters. The van der Waals surface area contributed by atoms with E-state index < -0.39 is 0 Å². The van der Waals surface area contributed by atoms with Crippen LogP contribution in [0.2, 0.25) is 0 Å². The predicted molar refractivity (Wildman–Crippen MR) is 111 cm³/mol. The second-order valence-corrected chi connectivity index (χ2v) is 6.42. The van der Waals surface area contributed by atoms with Gasteiger partial charge in [-0.1, -0.05) is 0 Å². The fourth-order valence-electron chi connectivity index (χ4n) is 2.86. The molecule has 0 aliphatic heterocycles. The number of anilines is 2. The van der Waals surface area contributed by atoms with Crippen LogP contribution in [0.25, 0.3) is 5.69 Å². The number of methoxy groups -OCH3 is 1. The normalized spacial score (nSPS) is 10.3. The Morgan fingerprint density at radius 3 is 2.57 bits per heavy atom. The Kier molecular flexibility index (Phi) is 6.49. The number of halogens is 1. The average molecular weight is 408 g/mol. The number of rotatable bonds is 7. The molecule has 3 aromatic rings. The smallest absolute Gasteiger partial charge is 0.319 e. The van der Waals surface area contributed by atoms with E-state index in [1.807, 2.05) is 0 Å². The first-order valence-corrected chi connectivity index (χ1v) is 9.24. The van der Waals surface area contributed by atoms with Crippen LogP contribution in [0.1, 0.15) is 17.7 Å². The quantitative estimate of drug-likeness (QED) is 0.519. The average Bonchev–Trinajstić information content (AvgIpc) is 3.07. The zero-order valence-electron chi connectivity index (χ0n) is 16.4. The molecule has 3 rings (SSSR count). The second-order valence-electron chi connectivity index (χ2n) is 6.42. The zero-order valence-corrected chi connectivity index (χ0v) is 16.4. The maximum atomic E-state index is 13.1. The van der Waals surface area contributed by atoms with Gasteiger partial charge in [0.25, 0.3) is 0 Å². The number of urea groups is 1. The molecule has 1 aromatic heterocycles. The summed E-state index contributed by atoms with van der Waals surface area (Å²) in [5.74, 6) is 0.530. The Morgan fingerprint density at radius 1 is 1.23 bits per heavy atom. The summed E-state index contributed by atoms with van der Waals surface area (Å²) in [7, 11) is 1.57. The van der Waals surface area contributed by atoms with Crippen molar-refractivity contribution in [3.8, 4) is 17.5 Å². The Labute approximate surface area is 173 Å². The highest BCUT2D eigenvalue weighted by Crippen LogP contribution is 2.21. The molecule has 2 aromatic carbocycles. The van der Waals surface area contributed by atoms with Crippen molar-refractivity contribution in [2.24, 2.45) is 0 Å². The Hall–Kier alpha value is -4.06. The lowest BCUT2D eigenvalue weighted by atomic mass is 10.1. The van der Waals surface area contributed by atoms with Gasteiger partial charge in [0.15, 0.2) is 0 Å². The van der Waals surface area contributed by atoms with Crippen LogP contribution in [-0.2, 0) is 6.42 Å². The largest absolute Gasteiger partial charge is 0.497 e. The van der Waals surface area contributed by atoms with Gasteiger partial charge in [0.1, 0.15) is 29.0 Å². The predicted octanol–water partition coefficient (Wildman–Crippen LogP) is 3.23. The summed E-state index contributed by atoms with van der Waals surface area (Å²) < 4.78 is 19.6. The summed E-state index contributed by atoms with van der Waals surface area (Å²) in [5.41, 5.74) is 8.05. The van der Waals surface area contributed by atoms with Gasteiger partial charge in [-0.25, -0.2) is 13.9 Å². The summed E-state index contributed by atoms with van der Waals surface area (Å²) in [5, 5.41) is 19.3. The number of benzene rings is 2. The van der Waals surface area contributed by atoms with E-state index in [4.69, 9.17) is 10.5 Å². The van der Waals surface area contributed by atoms with E-state index in [2.05, 4.69) is 21.8 Å². The topological polar surface area (TPSA) is 118 Å². The minimum atomic E-state index is -0.371. The Morgan fingerprint density at radius 2 is 1.93 bits per heavy atom. The number of carbonyl (C=O) groups is 1. The molecular formula is C21H21FN6O2. The van der Waals surface area contributed by atoms with Crippen LogP contribution in [0.15, 0.2) is 48.5 Å². The summed E-state index contributed by atoms with van der Waals surface area (Å²) in [6, 6.07) is 14.4. The maximum Gasteiger partial charge on any atom is 0.319 e. The van der Waals surface area contributed by atoms with Crippen molar-refractivity contribution in [2.75, 3.05) is 24.7 Å². The lowest BCUT2D eigenvalue weighted by Crippen LogP contribution is -2.29. The first kappa shape index (κ1) is 20.7. The van der Waals surface area contributed by atoms with E-state index in [-0.39, 0.29) is 23.2 Å². The van der Waals surface area contributed by atoms with Crippen molar-refractivity contribution >= 4 is 17.5 Å². The van der Waals surface area contributed by atoms with Crippen LogP contribution < -0.4 is 21.1 Å². The number of nitrogens with two attached hydrogens (primary N) is 1. The molecule has 0 saturated heterocycles. The third-order valence-corrected chi connectivity index (χ3v) is 4.40. The summed E-state index contributed by atoms with van der Waals surface area (Å²) in [4.78, 5) is 12.0. The number of aryl methyl sites for hydroxylation is 1. The number of ether oxygens (including phenoxy) is 1. The molecule has 0 unspecified atom stereocenters. The minimum absolute atomic E-state index is 0.198. The van der Waals surface area contributed by atoms with Crippen LogP contribution >= 0.6 is 0 Å². The molecular weight excluding hydrogens is 387 g/mol. The lowest BCUT2D eigenvalue weighted by Gasteiger charge is -2.08. The highest BCUT2D eigenvalue weighted by Gasteiger charge is 2.16. The molecule has 30 heavy (non-hydrogen) atoms. The lowest BCUT2D eigenvalue weighted by molar-refractivity contribution is 0.252. The monoisotopic (exact) mass is 408 g/mol. The van der Waals surface area contributed by atoms with Gasteiger partial charge >= 0.3 is 6.03 Å². The summed E-state index contributed by atoms with van der Waals surface area (Å²) >= 11 is 0. The molecule has 0 spiro atoms. The molecule has 0 radical (unpaired) electrons. The van der Waals surface area contributed by atoms with E-state index in [9.17, 15) is 14.4 Å². The third kappa shape index (κ3) is 4.86. The standard InChI is InChI=1S/C21H21FN6O2/c1-30-17-10-6-15(7-11-17)26-21(29)25-12-2-3-19-18(13-23)20(24)28(27-19)16-8-4-14(22)5-9-16/h4-11H,2-3,12,24H2,1H3,(H2,25,26,29). The fourth-order valence-corrected chi connectivity index (χ4v) is 2.86. The van der Waals surface area contributed by atoms with Gasteiger partial charge in [-0.05, 0) is 61.4 Å². The van der Waals surface area contributed by atoms with E-state index in [0.717, 1.165) is 0 Å². The molecule has 1 heterocycles. The molecule has 0 aliphatic rings. The zero-order chi connectivity index (χ0) is 21.5. The molecule has 0 saturated carbocycles. The molecule has 0 fully saturated rings. The van der Waals surface area contributed by atoms with E-state index in [1.165, 1.54) is 28.9 Å². The Bertz CT molecular complexity index is 1050. The van der Waals surface area contributed by atoms with Crippen LogP contribution in [0.3, 0.4) is 0 Å². The summed E-state index contributed by atoms with van der Waals surface area (Å²) in [6.07, 6.45) is 1.01. The maximum absolute atomic E-state index is 13.1. The highest BCUT2D eigenvalue weighted by molar-refractivity contribution is 5.89. The van der Waals surface area contributed by atoms with Gasteiger partial charge in [-0.15, -0.1) is 0 Å². The van der Waals surface area contributed by atoms with Crippen molar-refractivity contribution in [3.63, 3.8) is 0 Å². The number of nitrogens with one attached hydrogen (secondary N) is 2. The number of nitrogens with zero attached hydrogens (tertiary/aromatic N) is 3. The van der Waals surface area contributed by atoms with Gasteiger partial charge in [0, 0.05) is 12.2 Å². The van der Waals surface area contributed by atoms with Crippen molar-refractivity contribution in [3.05, 3.63) is 65.6 Å². The van der Waals surface area contributed by atoms with Crippen molar-refractivity contribution in [1.29, 1.82) is 5.26 Å². The van der Waals surface area contributed by atoms with Gasteiger partial charge in [0.05, 0.1) is 18.5 Å². The SMILES string of the molecule is COc1ccc(NC(=O)NCCCc2nn(-c3ccc(F)cc3)c(N)c2C#N)cc1. The van der Waals surface area contributed by atoms with Crippen LogP contribution in [0, 0.1) is 17.1 Å². The molecule has 2 amide bonds. The number of hydrogen-bond acceptors (Lipinski definition) is 5. The van der Waals surface area contributed by atoms with Gasteiger partial charge < -0.3 is 21.1 Å². The van der Waals surface area contributed by atoms with Gasteiger partial charge in [-0.2, -0.15) is 10.4 Å². The molecule has 8 nitrogen and oxygen atoms in total. The molecule has 154 valence electrons. The first-order chi connectivity index (χ1) is 14.5. The fraction of sp³-hybridized carbons (Fsp3) is 0.190. The third-order valence-electron chi connectivity index (χ3n) is 4.40. The number of hydrogen-bond donors (Lipinski definition) is 3.